The number of carbonyl (C=O) groups excluding carboxylic acids is 1. The van der Waals surface area contributed by atoms with Crippen LogP contribution < -0.4 is 0 Å². The Kier molecular flexibility index (Phi) is 5.20. The summed E-state index contributed by atoms with van der Waals surface area (Å²) in [5.41, 5.74) is 1.27. The average Bonchev–Trinajstić information content (AvgIpc) is 2.50. The Hall–Kier alpha value is -1.45. The molecule has 0 amide bonds. The van der Waals surface area contributed by atoms with Crippen molar-refractivity contribution in [2.75, 3.05) is 0 Å². The maximum Gasteiger partial charge on any atom is 0.147 e. The Morgan fingerprint density at radius 3 is 1.55 bits per heavy atom. The van der Waals surface area contributed by atoms with Gasteiger partial charge in [-0.1, -0.05) is 49.2 Å². The SMILES string of the molecule is CC(C(=O)C(C)c1ccc(F)c(Cl)c1)c1ccc(F)c(Cl)c1. The van der Waals surface area contributed by atoms with Crippen LogP contribution in [0.3, 0.4) is 0 Å². The lowest BCUT2D eigenvalue weighted by Crippen LogP contribution is -2.16. The van der Waals surface area contributed by atoms with Gasteiger partial charge in [-0.3, -0.25) is 4.79 Å². The first-order valence-corrected chi connectivity index (χ1v) is 7.50. The molecule has 1 nitrogen and oxygen atoms in total. The van der Waals surface area contributed by atoms with Gasteiger partial charge in [0, 0.05) is 11.8 Å². The second kappa shape index (κ2) is 6.76. The van der Waals surface area contributed by atoms with Gasteiger partial charge in [-0.2, -0.15) is 0 Å². The van der Waals surface area contributed by atoms with Crippen molar-refractivity contribution < 1.29 is 13.6 Å². The third kappa shape index (κ3) is 3.47. The van der Waals surface area contributed by atoms with Gasteiger partial charge in [0.2, 0.25) is 0 Å². The van der Waals surface area contributed by atoms with Gasteiger partial charge in [0.15, 0.2) is 0 Å². The molecule has 0 N–H and O–H groups in total. The molecule has 2 aromatic carbocycles. The molecule has 0 saturated heterocycles. The normalized spacial score (nSPS) is 13.7. The Bertz CT molecular complexity index is 656. The van der Waals surface area contributed by atoms with Crippen LogP contribution in [0.15, 0.2) is 36.4 Å². The molecule has 5 heteroatoms. The fraction of sp³-hybridized carbons (Fsp3) is 0.235. The highest BCUT2D eigenvalue weighted by atomic mass is 35.5. The Morgan fingerprint density at radius 1 is 0.864 bits per heavy atom. The summed E-state index contributed by atoms with van der Waals surface area (Å²) in [5, 5.41) is -0.0377. The number of carbonyl (C=O) groups is 1. The van der Waals surface area contributed by atoms with E-state index in [1.165, 1.54) is 36.4 Å². The average molecular weight is 343 g/mol. The van der Waals surface area contributed by atoms with E-state index in [4.69, 9.17) is 23.2 Å². The summed E-state index contributed by atoms with van der Waals surface area (Å²) in [5.74, 6) is -2.05. The van der Waals surface area contributed by atoms with Gasteiger partial charge in [0.1, 0.15) is 17.4 Å². The third-order valence-electron chi connectivity index (χ3n) is 3.74. The smallest absolute Gasteiger partial charge is 0.147 e. The van der Waals surface area contributed by atoms with Gasteiger partial charge in [0.25, 0.3) is 0 Å². The van der Waals surface area contributed by atoms with Crippen LogP contribution in [0.1, 0.15) is 36.8 Å². The highest BCUT2D eigenvalue weighted by molar-refractivity contribution is 6.31. The zero-order chi connectivity index (χ0) is 16.4. The van der Waals surface area contributed by atoms with Gasteiger partial charge in [-0.15, -0.1) is 0 Å². The van der Waals surface area contributed by atoms with Gasteiger partial charge < -0.3 is 0 Å². The van der Waals surface area contributed by atoms with Crippen LogP contribution in [0.2, 0.25) is 10.0 Å². The summed E-state index contributed by atoms with van der Waals surface area (Å²) in [7, 11) is 0. The summed E-state index contributed by atoms with van der Waals surface area (Å²) in [6.07, 6.45) is 0. The summed E-state index contributed by atoms with van der Waals surface area (Å²) in [6, 6.07) is 8.44. The van der Waals surface area contributed by atoms with E-state index in [0.29, 0.717) is 11.1 Å². The van der Waals surface area contributed by atoms with Crippen molar-refractivity contribution in [1.82, 2.24) is 0 Å². The number of halogens is 4. The molecule has 0 heterocycles. The van der Waals surface area contributed by atoms with Crippen LogP contribution in [-0.4, -0.2) is 5.78 Å². The molecule has 0 aromatic heterocycles. The molecular weight excluding hydrogens is 329 g/mol. The molecule has 0 aliphatic rings. The topological polar surface area (TPSA) is 17.1 Å². The summed E-state index contributed by atoms with van der Waals surface area (Å²) >= 11 is 11.5. The number of benzene rings is 2. The summed E-state index contributed by atoms with van der Waals surface area (Å²) in [4.78, 5) is 12.6. The van der Waals surface area contributed by atoms with Gasteiger partial charge in [-0.05, 0) is 35.4 Å². The lowest BCUT2D eigenvalue weighted by molar-refractivity contribution is -0.121. The first-order chi connectivity index (χ1) is 10.3. The molecular formula is C17H14Cl2F2O. The molecule has 0 fully saturated rings. The van der Waals surface area contributed by atoms with E-state index in [2.05, 4.69) is 0 Å². The molecule has 22 heavy (non-hydrogen) atoms. The molecule has 2 unspecified atom stereocenters. The predicted octanol–water partition coefficient (Wildman–Crippen LogP) is 5.75. The van der Waals surface area contributed by atoms with Gasteiger partial charge in [-0.25, -0.2) is 8.78 Å². The molecule has 0 saturated carbocycles. The monoisotopic (exact) mass is 342 g/mol. The fourth-order valence-electron chi connectivity index (χ4n) is 2.27. The Labute approximate surface area is 137 Å². The zero-order valence-electron chi connectivity index (χ0n) is 12.0. The van der Waals surface area contributed by atoms with E-state index in [1.807, 2.05) is 0 Å². The lowest BCUT2D eigenvalue weighted by atomic mass is 9.86. The van der Waals surface area contributed by atoms with E-state index in [0.717, 1.165) is 0 Å². The largest absolute Gasteiger partial charge is 0.298 e. The molecule has 0 bridgehead atoms. The lowest BCUT2D eigenvalue weighted by Gasteiger charge is -2.17. The minimum Gasteiger partial charge on any atom is -0.298 e. The minimum absolute atomic E-state index is 0.0189. The predicted molar refractivity (Wildman–Crippen MR) is 84.7 cm³/mol. The quantitative estimate of drug-likeness (QED) is 0.691. The Morgan fingerprint density at radius 2 is 1.23 bits per heavy atom. The third-order valence-corrected chi connectivity index (χ3v) is 4.32. The Balaban J connectivity index is 2.25. The number of hydrogen-bond acceptors (Lipinski definition) is 1. The van der Waals surface area contributed by atoms with E-state index in [9.17, 15) is 13.6 Å². The maximum absolute atomic E-state index is 13.2. The van der Waals surface area contributed by atoms with E-state index in [1.54, 1.807) is 13.8 Å². The van der Waals surface area contributed by atoms with Crippen molar-refractivity contribution in [2.45, 2.75) is 25.7 Å². The maximum atomic E-state index is 13.2. The van der Waals surface area contributed by atoms with Crippen LogP contribution in [0, 0.1) is 11.6 Å². The standard InChI is InChI=1S/C17H14Cl2F2O/c1-9(11-3-5-15(20)13(18)7-11)17(22)10(2)12-4-6-16(21)14(19)8-12/h3-10H,1-2H3. The number of hydrogen-bond donors (Lipinski definition) is 0. The molecule has 2 atom stereocenters. The number of ketones is 1. The molecule has 0 aliphatic heterocycles. The molecule has 116 valence electrons. The van der Waals surface area contributed by atoms with Crippen LogP contribution in [0.4, 0.5) is 8.78 Å². The molecule has 0 spiro atoms. The zero-order valence-corrected chi connectivity index (χ0v) is 13.6. The summed E-state index contributed by atoms with van der Waals surface area (Å²) < 4.78 is 26.4. The second-order valence-corrected chi connectivity index (χ2v) is 6.01. The van der Waals surface area contributed by atoms with Crippen molar-refractivity contribution in [1.29, 1.82) is 0 Å². The first-order valence-electron chi connectivity index (χ1n) is 6.75. The van der Waals surface area contributed by atoms with E-state index < -0.39 is 23.5 Å². The van der Waals surface area contributed by atoms with Crippen molar-refractivity contribution in [3.63, 3.8) is 0 Å². The van der Waals surface area contributed by atoms with Crippen LogP contribution in [0.25, 0.3) is 0 Å². The molecule has 0 radical (unpaired) electrons. The highest BCUT2D eigenvalue weighted by Crippen LogP contribution is 2.30. The summed E-state index contributed by atoms with van der Waals surface area (Å²) in [6.45, 7) is 3.46. The number of rotatable bonds is 4. The van der Waals surface area contributed by atoms with Crippen molar-refractivity contribution in [2.24, 2.45) is 0 Å². The fourth-order valence-corrected chi connectivity index (χ4v) is 2.64. The second-order valence-electron chi connectivity index (χ2n) is 5.19. The van der Waals surface area contributed by atoms with Crippen LogP contribution >= 0.6 is 23.2 Å². The van der Waals surface area contributed by atoms with Gasteiger partial charge >= 0.3 is 0 Å². The first kappa shape index (κ1) is 16.9. The molecule has 2 aromatic rings. The van der Waals surface area contributed by atoms with Crippen molar-refractivity contribution in [3.05, 3.63) is 69.2 Å². The number of Topliss-reactive ketones (excluding diaryl/α,β-unsaturated/α-hetero) is 1. The minimum atomic E-state index is -0.525. The molecule has 2 rings (SSSR count). The van der Waals surface area contributed by atoms with Crippen molar-refractivity contribution >= 4 is 29.0 Å². The van der Waals surface area contributed by atoms with E-state index >= 15 is 0 Å². The van der Waals surface area contributed by atoms with Crippen LogP contribution in [0.5, 0.6) is 0 Å². The van der Waals surface area contributed by atoms with Crippen molar-refractivity contribution in [3.8, 4) is 0 Å². The van der Waals surface area contributed by atoms with Crippen LogP contribution in [-0.2, 0) is 4.79 Å². The van der Waals surface area contributed by atoms with Gasteiger partial charge in [0.05, 0.1) is 10.0 Å². The highest BCUT2D eigenvalue weighted by Gasteiger charge is 2.24. The van der Waals surface area contributed by atoms with E-state index in [-0.39, 0.29) is 15.8 Å². The molecule has 0 aliphatic carbocycles.